The van der Waals surface area contributed by atoms with E-state index in [-0.39, 0.29) is 6.42 Å². The maximum atomic E-state index is 11.0. The van der Waals surface area contributed by atoms with Crippen molar-refractivity contribution in [2.75, 3.05) is 13.7 Å². The van der Waals surface area contributed by atoms with Crippen LogP contribution in [0.25, 0.3) is 0 Å². The van der Waals surface area contributed by atoms with Gasteiger partial charge in [0.2, 0.25) is 0 Å². The van der Waals surface area contributed by atoms with Gasteiger partial charge in [0.05, 0.1) is 13.7 Å². The van der Waals surface area contributed by atoms with Crippen LogP contribution in [-0.4, -0.2) is 30.8 Å². The van der Waals surface area contributed by atoms with Crippen molar-refractivity contribution >= 4 is 5.97 Å². The van der Waals surface area contributed by atoms with Gasteiger partial charge in [0.15, 0.2) is 11.5 Å². The zero-order valence-corrected chi connectivity index (χ0v) is 13.1. The van der Waals surface area contributed by atoms with Crippen LogP contribution in [0.2, 0.25) is 0 Å². The van der Waals surface area contributed by atoms with Crippen molar-refractivity contribution in [2.24, 2.45) is 5.73 Å². The van der Waals surface area contributed by atoms with Gasteiger partial charge in [0, 0.05) is 18.4 Å². The first-order chi connectivity index (χ1) is 11.1. The quantitative estimate of drug-likeness (QED) is 0.781. The topological polar surface area (TPSA) is 81.8 Å². The number of benzene rings is 2. The molecule has 122 valence electrons. The smallest absolute Gasteiger partial charge is 0.320 e. The molecule has 3 N–H and O–H groups in total. The number of carbonyl (C=O) groups is 1. The van der Waals surface area contributed by atoms with Crippen LogP contribution in [0.4, 0.5) is 0 Å². The van der Waals surface area contributed by atoms with E-state index in [4.69, 9.17) is 20.3 Å². The third-order valence-corrected chi connectivity index (χ3v) is 3.52. The number of nitrogens with two attached hydrogens (primary N) is 1. The number of carboxylic acid groups (broad SMARTS) is 1. The van der Waals surface area contributed by atoms with Gasteiger partial charge in [-0.05, 0) is 11.6 Å². The molecule has 2 aromatic carbocycles. The van der Waals surface area contributed by atoms with Crippen LogP contribution in [0.5, 0.6) is 11.5 Å². The van der Waals surface area contributed by atoms with Gasteiger partial charge in [-0.1, -0.05) is 42.5 Å². The number of hydrogen-bond acceptors (Lipinski definition) is 4. The highest BCUT2D eigenvalue weighted by Gasteiger charge is 2.17. The third-order valence-electron chi connectivity index (χ3n) is 3.52. The second-order valence-corrected chi connectivity index (χ2v) is 5.18. The molecule has 0 fully saturated rings. The standard InChI is InChI=1S/C18H21NO4/c1-22-16-9-5-8-14(12-15(19)18(20)21)17(16)23-11-10-13-6-3-2-4-7-13/h2-9,15H,10-12,19H2,1H3,(H,20,21). The molecule has 5 heteroatoms. The Morgan fingerprint density at radius 2 is 1.91 bits per heavy atom. The molecule has 2 aromatic rings. The predicted molar refractivity (Wildman–Crippen MR) is 88.0 cm³/mol. The van der Waals surface area contributed by atoms with E-state index >= 15 is 0 Å². The molecular weight excluding hydrogens is 294 g/mol. The summed E-state index contributed by atoms with van der Waals surface area (Å²) < 4.78 is 11.2. The van der Waals surface area contributed by atoms with Crippen molar-refractivity contribution < 1.29 is 19.4 Å². The molecule has 1 unspecified atom stereocenters. The number of para-hydroxylation sites is 1. The van der Waals surface area contributed by atoms with Gasteiger partial charge in [0.25, 0.3) is 0 Å². The molecule has 0 amide bonds. The fourth-order valence-electron chi connectivity index (χ4n) is 2.29. The Balaban J connectivity index is 2.10. The molecule has 0 heterocycles. The zero-order valence-electron chi connectivity index (χ0n) is 13.1. The van der Waals surface area contributed by atoms with E-state index in [9.17, 15) is 4.79 Å². The SMILES string of the molecule is COc1cccc(CC(N)C(=O)O)c1OCCc1ccccc1. The van der Waals surface area contributed by atoms with Gasteiger partial charge < -0.3 is 20.3 Å². The van der Waals surface area contributed by atoms with E-state index in [0.717, 1.165) is 12.0 Å². The van der Waals surface area contributed by atoms with Gasteiger partial charge in [-0.25, -0.2) is 0 Å². The summed E-state index contributed by atoms with van der Waals surface area (Å²) in [5.41, 5.74) is 7.53. The van der Waals surface area contributed by atoms with E-state index in [1.807, 2.05) is 36.4 Å². The molecule has 0 aliphatic carbocycles. The van der Waals surface area contributed by atoms with Crippen LogP contribution in [0.3, 0.4) is 0 Å². The number of hydrogen-bond donors (Lipinski definition) is 2. The van der Waals surface area contributed by atoms with Crippen LogP contribution in [0.1, 0.15) is 11.1 Å². The highest BCUT2D eigenvalue weighted by Crippen LogP contribution is 2.32. The molecule has 0 radical (unpaired) electrons. The molecule has 23 heavy (non-hydrogen) atoms. The first-order valence-corrected chi connectivity index (χ1v) is 7.42. The molecule has 0 saturated heterocycles. The maximum absolute atomic E-state index is 11.0. The van der Waals surface area contributed by atoms with Gasteiger partial charge in [-0.3, -0.25) is 4.79 Å². The van der Waals surface area contributed by atoms with Crippen LogP contribution < -0.4 is 15.2 Å². The fourth-order valence-corrected chi connectivity index (χ4v) is 2.29. The number of ether oxygens (including phenoxy) is 2. The molecule has 0 aliphatic rings. The average molecular weight is 315 g/mol. The highest BCUT2D eigenvalue weighted by molar-refractivity contribution is 5.73. The van der Waals surface area contributed by atoms with Gasteiger partial charge >= 0.3 is 5.97 Å². The summed E-state index contributed by atoms with van der Waals surface area (Å²) in [4.78, 5) is 11.0. The Bertz CT molecular complexity index is 643. The van der Waals surface area contributed by atoms with Crippen molar-refractivity contribution in [2.45, 2.75) is 18.9 Å². The van der Waals surface area contributed by atoms with E-state index < -0.39 is 12.0 Å². The van der Waals surface area contributed by atoms with Crippen molar-refractivity contribution in [1.82, 2.24) is 0 Å². The van der Waals surface area contributed by atoms with E-state index in [2.05, 4.69) is 0 Å². The monoisotopic (exact) mass is 315 g/mol. The number of aliphatic carboxylic acids is 1. The first-order valence-electron chi connectivity index (χ1n) is 7.42. The van der Waals surface area contributed by atoms with E-state index in [1.165, 1.54) is 5.56 Å². The van der Waals surface area contributed by atoms with Crippen LogP contribution in [-0.2, 0) is 17.6 Å². The molecular formula is C18H21NO4. The minimum atomic E-state index is -1.04. The molecule has 0 bridgehead atoms. The first kappa shape index (κ1) is 16.8. The van der Waals surface area contributed by atoms with Crippen LogP contribution >= 0.6 is 0 Å². The molecule has 0 saturated carbocycles. The third kappa shape index (κ3) is 4.72. The van der Waals surface area contributed by atoms with E-state index in [0.29, 0.717) is 18.1 Å². The van der Waals surface area contributed by atoms with Gasteiger partial charge in [0.1, 0.15) is 6.04 Å². The molecule has 5 nitrogen and oxygen atoms in total. The minimum absolute atomic E-state index is 0.188. The Labute approximate surface area is 135 Å². The number of carboxylic acids is 1. The van der Waals surface area contributed by atoms with E-state index in [1.54, 1.807) is 19.2 Å². The summed E-state index contributed by atoms with van der Waals surface area (Å²) in [6.45, 7) is 0.472. The lowest BCUT2D eigenvalue weighted by Crippen LogP contribution is -2.32. The summed E-state index contributed by atoms with van der Waals surface area (Å²) in [6, 6.07) is 14.4. The Morgan fingerprint density at radius 1 is 1.17 bits per heavy atom. The fraction of sp³-hybridized carbons (Fsp3) is 0.278. The van der Waals surface area contributed by atoms with Crippen molar-refractivity contribution in [1.29, 1.82) is 0 Å². The highest BCUT2D eigenvalue weighted by atomic mass is 16.5. The largest absolute Gasteiger partial charge is 0.493 e. The lowest BCUT2D eigenvalue weighted by molar-refractivity contribution is -0.138. The Kier molecular flexibility index (Phi) is 6.00. The summed E-state index contributed by atoms with van der Waals surface area (Å²) in [6.07, 6.45) is 0.941. The second kappa shape index (κ2) is 8.19. The normalized spacial score (nSPS) is 11.7. The molecule has 0 aromatic heterocycles. The summed E-state index contributed by atoms with van der Waals surface area (Å²) in [5, 5.41) is 8.99. The predicted octanol–water partition coefficient (Wildman–Crippen LogP) is 2.27. The number of rotatable bonds is 8. The number of methoxy groups -OCH3 is 1. The average Bonchev–Trinajstić information content (AvgIpc) is 2.56. The molecule has 2 rings (SSSR count). The summed E-state index contributed by atoms with van der Waals surface area (Å²) >= 11 is 0. The summed E-state index contributed by atoms with van der Waals surface area (Å²) in [7, 11) is 1.56. The molecule has 0 spiro atoms. The van der Waals surface area contributed by atoms with Gasteiger partial charge in [-0.15, -0.1) is 0 Å². The van der Waals surface area contributed by atoms with Gasteiger partial charge in [-0.2, -0.15) is 0 Å². The van der Waals surface area contributed by atoms with Crippen molar-refractivity contribution in [3.05, 3.63) is 59.7 Å². The Hall–Kier alpha value is -2.53. The maximum Gasteiger partial charge on any atom is 0.320 e. The summed E-state index contributed by atoms with van der Waals surface area (Å²) in [5.74, 6) is 0.0961. The second-order valence-electron chi connectivity index (χ2n) is 5.18. The minimum Gasteiger partial charge on any atom is -0.493 e. The Morgan fingerprint density at radius 3 is 2.57 bits per heavy atom. The molecule has 0 aliphatic heterocycles. The lowest BCUT2D eigenvalue weighted by Gasteiger charge is -2.16. The van der Waals surface area contributed by atoms with Crippen LogP contribution in [0.15, 0.2) is 48.5 Å². The lowest BCUT2D eigenvalue weighted by atomic mass is 10.0. The van der Waals surface area contributed by atoms with Crippen molar-refractivity contribution in [3.63, 3.8) is 0 Å². The van der Waals surface area contributed by atoms with Crippen LogP contribution in [0, 0.1) is 0 Å². The molecule has 1 atom stereocenters. The van der Waals surface area contributed by atoms with Crippen molar-refractivity contribution in [3.8, 4) is 11.5 Å². The zero-order chi connectivity index (χ0) is 16.7.